The van der Waals surface area contributed by atoms with E-state index >= 15 is 0 Å². The van der Waals surface area contributed by atoms with Gasteiger partial charge >= 0.3 is 0 Å². The molecule has 2 fully saturated rings. The van der Waals surface area contributed by atoms with E-state index in [-0.39, 0.29) is 0 Å². The Morgan fingerprint density at radius 3 is 2.80 bits per heavy atom. The summed E-state index contributed by atoms with van der Waals surface area (Å²) in [5.41, 5.74) is 4.99. The molecule has 0 heterocycles. The van der Waals surface area contributed by atoms with Crippen LogP contribution in [0.25, 0.3) is 0 Å². The molecule has 112 valence electrons. The Bertz CT molecular complexity index is 408. The molecule has 0 unspecified atom stereocenters. The van der Waals surface area contributed by atoms with Gasteiger partial charge < -0.3 is 0 Å². The minimum Gasteiger partial charge on any atom is -0.0996 e. The SMILES string of the molecule is C=C(CCC=C(C)C)[C@H]1CC[C@]2(C)CCCC(=C)[C@H]2C1. The van der Waals surface area contributed by atoms with Crippen molar-refractivity contribution in [1.29, 1.82) is 0 Å². The summed E-state index contributed by atoms with van der Waals surface area (Å²) in [6.07, 6.45) is 12.8. The standard InChI is InChI=1S/C20H32/c1-15(2)8-6-9-16(3)18-11-13-20(5)12-7-10-17(4)19(20)14-18/h8,18-19H,3-4,6-7,9-14H2,1-2,5H3/t18-,19+,20-/m0/s1. The topological polar surface area (TPSA) is 0 Å². The molecule has 0 aliphatic heterocycles. The minimum absolute atomic E-state index is 0.548. The Morgan fingerprint density at radius 1 is 1.35 bits per heavy atom. The van der Waals surface area contributed by atoms with E-state index in [4.69, 9.17) is 0 Å². The first-order valence-corrected chi connectivity index (χ1v) is 8.41. The van der Waals surface area contributed by atoms with Crippen LogP contribution >= 0.6 is 0 Å². The second-order valence-corrected chi connectivity index (χ2v) is 7.67. The predicted molar refractivity (Wildman–Crippen MR) is 89.7 cm³/mol. The highest BCUT2D eigenvalue weighted by Crippen LogP contribution is 2.54. The highest BCUT2D eigenvalue weighted by Gasteiger charge is 2.43. The van der Waals surface area contributed by atoms with E-state index in [9.17, 15) is 0 Å². The van der Waals surface area contributed by atoms with Crippen LogP contribution < -0.4 is 0 Å². The average Bonchev–Trinajstić information content (AvgIpc) is 2.37. The summed E-state index contributed by atoms with van der Waals surface area (Å²) in [7, 11) is 0. The van der Waals surface area contributed by atoms with E-state index < -0.39 is 0 Å². The number of hydrogen-bond acceptors (Lipinski definition) is 0. The number of fused-ring (bicyclic) bond motifs is 1. The normalized spacial score (nSPS) is 33.5. The van der Waals surface area contributed by atoms with Crippen molar-refractivity contribution in [2.24, 2.45) is 17.3 Å². The first kappa shape index (κ1) is 15.6. The van der Waals surface area contributed by atoms with Crippen molar-refractivity contribution >= 4 is 0 Å². The van der Waals surface area contributed by atoms with Gasteiger partial charge in [0.05, 0.1) is 0 Å². The molecule has 0 heteroatoms. The summed E-state index contributed by atoms with van der Waals surface area (Å²) in [4.78, 5) is 0. The first-order valence-electron chi connectivity index (χ1n) is 8.41. The van der Waals surface area contributed by atoms with Crippen molar-refractivity contribution in [3.8, 4) is 0 Å². The quantitative estimate of drug-likeness (QED) is 0.516. The fourth-order valence-electron chi connectivity index (χ4n) is 4.34. The lowest BCUT2D eigenvalue weighted by molar-refractivity contribution is 0.0824. The third-order valence-corrected chi connectivity index (χ3v) is 5.76. The molecular formula is C20H32. The van der Waals surface area contributed by atoms with Crippen molar-refractivity contribution in [2.75, 3.05) is 0 Å². The molecule has 0 aromatic rings. The molecular weight excluding hydrogens is 240 g/mol. The van der Waals surface area contributed by atoms with Crippen LogP contribution in [0.15, 0.2) is 36.0 Å². The van der Waals surface area contributed by atoms with Gasteiger partial charge in [-0.15, -0.1) is 0 Å². The summed E-state index contributed by atoms with van der Waals surface area (Å²) in [5, 5.41) is 0. The third-order valence-electron chi connectivity index (χ3n) is 5.76. The Kier molecular flexibility index (Phi) is 4.94. The van der Waals surface area contributed by atoms with Crippen molar-refractivity contribution in [3.05, 3.63) is 36.0 Å². The second kappa shape index (κ2) is 6.33. The van der Waals surface area contributed by atoms with Gasteiger partial charge in [0.25, 0.3) is 0 Å². The Balaban J connectivity index is 1.94. The molecule has 0 amide bonds. The Labute approximate surface area is 126 Å². The molecule has 0 radical (unpaired) electrons. The Morgan fingerprint density at radius 2 is 2.10 bits per heavy atom. The molecule has 2 rings (SSSR count). The molecule has 0 aromatic heterocycles. The van der Waals surface area contributed by atoms with Gasteiger partial charge in [-0.25, -0.2) is 0 Å². The van der Waals surface area contributed by atoms with E-state index in [0.717, 1.165) is 11.8 Å². The van der Waals surface area contributed by atoms with Crippen molar-refractivity contribution in [1.82, 2.24) is 0 Å². The fraction of sp³-hybridized carbons (Fsp3) is 0.700. The van der Waals surface area contributed by atoms with Crippen LogP contribution in [0.1, 0.15) is 72.1 Å². The molecule has 2 aliphatic carbocycles. The molecule has 0 saturated heterocycles. The minimum atomic E-state index is 0.548. The van der Waals surface area contributed by atoms with Gasteiger partial charge in [-0.05, 0) is 82.5 Å². The van der Waals surface area contributed by atoms with Crippen LogP contribution in [-0.2, 0) is 0 Å². The maximum absolute atomic E-state index is 4.40. The maximum atomic E-state index is 4.40. The van der Waals surface area contributed by atoms with Crippen LogP contribution in [-0.4, -0.2) is 0 Å². The first-order chi connectivity index (χ1) is 9.42. The number of hydrogen-bond donors (Lipinski definition) is 0. The lowest BCUT2D eigenvalue weighted by Gasteiger charge is -2.49. The van der Waals surface area contributed by atoms with E-state index in [0.29, 0.717) is 5.41 Å². The van der Waals surface area contributed by atoms with Gasteiger partial charge in [-0.2, -0.15) is 0 Å². The van der Waals surface area contributed by atoms with Crippen LogP contribution in [0.4, 0.5) is 0 Å². The van der Waals surface area contributed by atoms with Crippen LogP contribution in [0, 0.1) is 17.3 Å². The van der Waals surface area contributed by atoms with Crippen molar-refractivity contribution in [3.63, 3.8) is 0 Å². The van der Waals surface area contributed by atoms with Crippen LogP contribution in [0.3, 0.4) is 0 Å². The lowest BCUT2D eigenvalue weighted by Crippen LogP contribution is -2.38. The Hall–Kier alpha value is -0.780. The van der Waals surface area contributed by atoms with Crippen molar-refractivity contribution < 1.29 is 0 Å². The summed E-state index contributed by atoms with van der Waals surface area (Å²) in [6, 6.07) is 0. The van der Waals surface area contributed by atoms with Crippen LogP contribution in [0.5, 0.6) is 0 Å². The van der Waals surface area contributed by atoms with Gasteiger partial charge in [-0.3, -0.25) is 0 Å². The lowest BCUT2D eigenvalue weighted by atomic mass is 9.56. The predicted octanol–water partition coefficient (Wildman–Crippen LogP) is 6.45. The summed E-state index contributed by atoms with van der Waals surface area (Å²) >= 11 is 0. The monoisotopic (exact) mass is 272 g/mol. The molecule has 0 bridgehead atoms. The van der Waals surface area contributed by atoms with E-state index in [2.05, 4.69) is 40.0 Å². The van der Waals surface area contributed by atoms with Gasteiger partial charge in [0.15, 0.2) is 0 Å². The second-order valence-electron chi connectivity index (χ2n) is 7.67. The summed E-state index contributed by atoms with van der Waals surface area (Å²) < 4.78 is 0. The van der Waals surface area contributed by atoms with E-state index in [1.807, 2.05) is 0 Å². The fourth-order valence-corrected chi connectivity index (χ4v) is 4.34. The highest BCUT2D eigenvalue weighted by molar-refractivity contribution is 5.16. The molecule has 0 N–H and O–H groups in total. The number of allylic oxidation sites excluding steroid dienone is 4. The van der Waals surface area contributed by atoms with E-state index in [1.54, 1.807) is 0 Å². The molecule has 0 spiro atoms. The molecule has 3 atom stereocenters. The highest BCUT2D eigenvalue weighted by atomic mass is 14.5. The van der Waals surface area contributed by atoms with Gasteiger partial charge in [0, 0.05) is 0 Å². The summed E-state index contributed by atoms with van der Waals surface area (Å²) in [5.74, 6) is 1.50. The van der Waals surface area contributed by atoms with E-state index in [1.165, 1.54) is 68.1 Å². The smallest absolute Gasteiger partial charge is 0.0146 e. The number of rotatable bonds is 4. The largest absolute Gasteiger partial charge is 0.0996 e. The maximum Gasteiger partial charge on any atom is -0.0146 e. The zero-order valence-corrected chi connectivity index (χ0v) is 13.8. The van der Waals surface area contributed by atoms with Crippen LogP contribution in [0.2, 0.25) is 0 Å². The average molecular weight is 272 g/mol. The van der Waals surface area contributed by atoms with Crippen molar-refractivity contribution in [2.45, 2.75) is 72.1 Å². The molecule has 20 heavy (non-hydrogen) atoms. The molecule has 0 aromatic carbocycles. The van der Waals surface area contributed by atoms with Gasteiger partial charge in [0.2, 0.25) is 0 Å². The zero-order chi connectivity index (χ0) is 14.8. The summed E-state index contributed by atoms with van der Waals surface area (Å²) in [6.45, 7) is 15.7. The van der Waals surface area contributed by atoms with Gasteiger partial charge in [-0.1, -0.05) is 42.9 Å². The molecule has 0 nitrogen and oxygen atoms in total. The third kappa shape index (κ3) is 3.45. The molecule has 2 aliphatic rings. The zero-order valence-electron chi connectivity index (χ0n) is 13.8. The van der Waals surface area contributed by atoms with Gasteiger partial charge in [0.1, 0.15) is 0 Å². The molecule has 2 saturated carbocycles.